The smallest absolute Gasteiger partial charge is 0.129 e. The summed E-state index contributed by atoms with van der Waals surface area (Å²) in [4.78, 5) is 7.03. The monoisotopic (exact) mass is 281 g/mol. The predicted molar refractivity (Wildman–Crippen MR) is 87.2 cm³/mol. The van der Waals surface area contributed by atoms with Crippen LogP contribution in [0.15, 0.2) is 12.1 Å². The third kappa shape index (κ3) is 5.03. The number of hydrogen-bond donors (Lipinski definition) is 1. The molecule has 0 radical (unpaired) electrons. The Kier molecular flexibility index (Phi) is 7.24. The summed E-state index contributed by atoms with van der Waals surface area (Å²) in [5, 5.41) is 3.39. The lowest BCUT2D eigenvalue weighted by molar-refractivity contribution is 0.717. The number of nitrogens with one attached hydrogen (secondary N) is 1. The Morgan fingerprint density at radius 3 is 2.68 bits per heavy atom. The van der Waals surface area contributed by atoms with Gasteiger partial charge in [-0.25, -0.2) is 4.98 Å². The van der Waals surface area contributed by atoms with E-state index in [4.69, 9.17) is 4.98 Å². The van der Waals surface area contributed by atoms with Gasteiger partial charge in [-0.15, -0.1) is 0 Å². The van der Waals surface area contributed by atoms with E-state index < -0.39 is 0 Å². The summed E-state index contributed by atoms with van der Waals surface area (Å²) < 4.78 is 0. The highest BCUT2D eigenvalue weighted by atomic mass is 32.2. The van der Waals surface area contributed by atoms with E-state index in [1.54, 1.807) is 0 Å². The SMILES string of the molecule is CCNCc1cc(CC)nc(N(C)C(C)CSC)c1. The van der Waals surface area contributed by atoms with Crippen LogP contribution in [0.1, 0.15) is 32.0 Å². The topological polar surface area (TPSA) is 28.2 Å². The fraction of sp³-hybridized carbons (Fsp3) is 0.667. The molecule has 3 nitrogen and oxygen atoms in total. The molecule has 1 atom stereocenters. The van der Waals surface area contributed by atoms with Crippen LogP contribution < -0.4 is 10.2 Å². The maximum Gasteiger partial charge on any atom is 0.129 e. The Hall–Kier alpha value is -0.740. The summed E-state index contributed by atoms with van der Waals surface area (Å²) in [5.41, 5.74) is 2.50. The molecular weight excluding hydrogens is 254 g/mol. The molecule has 0 spiro atoms. The highest BCUT2D eigenvalue weighted by molar-refractivity contribution is 7.98. The number of nitrogens with zero attached hydrogens (tertiary/aromatic N) is 2. The van der Waals surface area contributed by atoms with Crippen LogP contribution in [0.2, 0.25) is 0 Å². The Bertz CT molecular complexity index is 382. The first kappa shape index (κ1) is 16.3. The molecule has 0 saturated carbocycles. The largest absolute Gasteiger partial charge is 0.356 e. The van der Waals surface area contributed by atoms with E-state index in [1.807, 2.05) is 11.8 Å². The molecule has 4 heteroatoms. The molecule has 108 valence electrons. The third-order valence-electron chi connectivity index (χ3n) is 3.30. The molecule has 0 fully saturated rings. The molecule has 0 aliphatic rings. The normalized spacial score (nSPS) is 12.5. The molecule has 0 aliphatic heterocycles. The first-order valence-corrected chi connectivity index (χ1v) is 8.44. The molecule has 1 N–H and O–H groups in total. The minimum absolute atomic E-state index is 0.501. The Balaban J connectivity index is 2.91. The van der Waals surface area contributed by atoms with Crippen molar-refractivity contribution in [3.63, 3.8) is 0 Å². The fourth-order valence-electron chi connectivity index (χ4n) is 1.95. The Morgan fingerprint density at radius 2 is 2.11 bits per heavy atom. The zero-order valence-electron chi connectivity index (χ0n) is 12.9. The van der Waals surface area contributed by atoms with Crippen molar-refractivity contribution in [3.8, 4) is 0 Å². The van der Waals surface area contributed by atoms with Crippen LogP contribution in [0, 0.1) is 0 Å². The Morgan fingerprint density at radius 1 is 1.37 bits per heavy atom. The number of aromatic nitrogens is 1. The quantitative estimate of drug-likeness (QED) is 0.793. The van der Waals surface area contributed by atoms with Gasteiger partial charge >= 0.3 is 0 Å². The van der Waals surface area contributed by atoms with Crippen molar-refractivity contribution in [1.82, 2.24) is 10.3 Å². The van der Waals surface area contributed by atoms with E-state index in [0.29, 0.717) is 6.04 Å². The van der Waals surface area contributed by atoms with Crippen LogP contribution in [0.5, 0.6) is 0 Å². The number of pyridine rings is 1. The summed E-state index contributed by atoms with van der Waals surface area (Å²) in [7, 11) is 2.14. The summed E-state index contributed by atoms with van der Waals surface area (Å²) in [6.45, 7) is 8.46. The second kappa shape index (κ2) is 8.43. The van der Waals surface area contributed by atoms with Crippen LogP contribution in [-0.2, 0) is 13.0 Å². The van der Waals surface area contributed by atoms with Gasteiger partial charge in [0.1, 0.15) is 5.82 Å². The van der Waals surface area contributed by atoms with Gasteiger partial charge in [0, 0.05) is 31.1 Å². The number of rotatable bonds is 8. The molecule has 1 unspecified atom stereocenters. The van der Waals surface area contributed by atoms with Crippen molar-refractivity contribution in [1.29, 1.82) is 0 Å². The van der Waals surface area contributed by atoms with Gasteiger partial charge in [-0.1, -0.05) is 13.8 Å². The van der Waals surface area contributed by atoms with E-state index in [1.165, 1.54) is 11.3 Å². The summed E-state index contributed by atoms with van der Waals surface area (Å²) >= 11 is 1.88. The average molecular weight is 281 g/mol. The molecule has 19 heavy (non-hydrogen) atoms. The second-order valence-electron chi connectivity index (χ2n) is 4.87. The van der Waals surface area contributed by atoms with Gasteiger partial charge in [-0.05, 0) is 43.8 Å². The standard InChI is InChI=1S/C15H27N3S/c1-6-14-8-13(10-16-7-2)9-15(17-14)18(4)12(3)11-19-5/h8-9,12,16H,6-7,10-11H2,1-5H3. The van der Waals surface area contributed by atoms with Crippen LogP contribution in [0.4, 0.5) is 5.82 Å². The Labute approximate surface area is 122 Å². The van der Waals surface area contributed by atoms with E-state index in [-0.39, 0.29) is 0 Å². The molecule has 1 rings (SSSR count). The minimum Gasteiger partial charge on any atom is -0.356 e. The zero-order valence-corrected chi connectivity index (χ0v) is 13.7. The number of hydrogen-bond acceptors (Lipinski definition) is 4. The summed E-state index contributed by atoms with van der Waals surface area (Å²) in [6, 6.07) is 4.92. The van der Waals surface area contributed by atoms with E-state index in [9.17, 15) is 0 Å². The lowest BCUT2D eigenvalue weighted by Crippen LogP contribution is -2.31. The van der Waals surface area contributed by atoms with Crippen LogP contribution >= 0.6 is 11.8 Å². The van der Waals surface area contributed by atoms with Crippen LogP contribution in [0.25, 0.3) is 0 Å². The minimum atomic E-state index is 0.501. The number of anilines is 1. The van der Waals surface area contributed by atoms with E-state index >= 15 is 0 Å². The van der Waals surface area contributed by atoms with Gasteiger partial charge in [-0.2, -0.15) is 11.8 Å². The van der Waals surface area contributed by atoms with Crippen molar-refractivity contribution in [2.24, 2.45) is 0 Å². The van der Waals surface area contributed by atoms with Crippen molar-refractivity contribution in [3.05, 3.63) is 23.4 Å². The van der Waals surface area contributed by atoms with Crippen LogP contribution in [-0.4, -0.2) is 36.6 Å². The molecule has 0 aliphatic carbocycles. The van der Waals surface area contributed by atoms with Crippen molar-refractivity contribution >= 4 is 17.6 Å². The first-order chi connectivity index (χ1) is 9.12. The molecule has 1 aromatic heterocycles. The van der Waals surface area contributed by atoms with Crippen molar-refractivity contribution < 1.29 is 0 Å². The highest BCUT2D eigenvalue weighted by Crippen LogP contribution is 2.18. The van der Waals surface area contributed by atoms with Gasteiger partial charge in [0.05, 0.1) is 0 Å². The van der Waals surface area contributed by atoms with E-state index in [0.717, 1.165) is 31.1 Å². The molecule has 0 bridgehead atoms. The predicted octanol–water partition coefficient (Wildman–Crippen LogP) is 2.94. The maximum absolute atomic E-state index is 4.75. The lowest BCUT2D eigenvalue weighted by atomic mass is 10.1. The van der Waals surface area contributed by atoms with Gasteiger partial charge in [-0.3, -0.25) is 0 Å². The molecule has 0 aromatic carbocycles. The maximum atomic E-state index is 4.75. The van der Waals surface area contributed by atoms with Gasteiger partial charge in [0.25, 0.3) is 0 Å². The van der Waals surface area contributed by atoms with Gasteiger partial charge in [0.2, 0.25) is 0 Å². The van der Waals surface area contributed by atoms with E-state index in [2.05, 4.69) is 56.4 Å². The van der Waals surface area contributed by atoms with Crippen molar-refractivity contribution in [2.45, 2.75) is 39.8 Å². The number of thioether (sulfide) groups is 1. The van der Waals surface area contributed by atoms with Gasteiger partial charge < -0.3 is 10.2 Å². The van der Waals surface area contributed by atoms with Gasteiger partial charge in [0.15, 0.2) is 0 Å². The highest BCUT2D eigenvalue weighted by Gasteiger charge is 2.12. The lowest BCUT2D eigenvalue weighted by Gasteiger charge is -2.26. The molecule has 1 heterocycles. The number of aryl methyl sites for hydroxylation is 1. The molecule has 0 amide bonds. The second-order valence-corrected chi connectivity index (χ2v) is 5.78. The van der Waals surface area contributed by atoms with Crippen LogP contribution in [0.3, 0.4) is 0 Å². The van der Waals surface area contributed by atoms with Crippen molar-refractivity contribution in [2.75, 3.05) is 30.5 Å². The molecular formula is C15H27N3S. The summed E-state index contributed by atoms with van der Waals surface area (Å²) in [6.07, 6.45) is 3.13. The zero-order chi connectivity index (χ0) is 14.3. The summed E-state index contributed by atoms with van der Waals surface area (Å²) in [5.74, 6) is 2.21. The third-order valence-corrected chi connectivity index (χ3v) is 4.11. The fourth-order valence-corrected chi connectivity index (χ4v) is 2.65. The average Bonchev–Trinajstić information content (AvgIpc) is 2.44. The first-order valence-electron chi connectivity index (χ1n) is 7.04. The molecule has 1 aromatic rings. The molecule has 0 saturated heterocycles.